The summed E-state index contributed by atoms with van der Waals surface area (Å²) in [4.78, 5) is 35.6. The van der Waals surface area contributed by atoms with Crippen LogP contribution in [0.25, 0.3) is 0 Å². The van der Waals surface area contributed by atoms with Gasteiger partial charge in [0.25, 0.3) is 0 Å². The minimum atomic E-state index is -4.40. The molecule has 410 valence electrons. The Morgan fingerprint density at radius 1 is 0.431 bits per heavy atom. The van der Waals surface area contributed by atoms with Gasteiger partial charge < -0.3 is 18.9 Å². The van der Waals surface area contributed by atoms with Crippen molar-refractivity contribution < 1.29 is 42.1 Å². The number of carbonyl (C=O) groups excluding carboxylic acids is 2. The van der Waals surface area contributed by atoms with Crippen LogP contribution in [0.1, 0.15) is 206 Å². The molecule has 0 aromatic heterocycles. The lowest BCUT2D eigenvalue weighted by molar-refractivity contribution is -0.870. The van der Waals surface area contributed by atoms with Crippen LogP contribution in [0.15, 0.2) is 122 Å². The van der Waals surface area contributed by atoms with Gasteiger partial charge in [0.1, 0.15) is 19.8 Å². The number of ether oxygens (including phenoxy) is 2. The standard InChI is InChI=1S/C62H104NO8P/c1-6-8-10-12-14-16-18-20-22-23-24-25-26-27-28-29-30-31-32-33-34-35-36-37-38-39-41-43-45-47-49-51-53-55-62(65)71-60(59-70-72(66,67)69-57-56-63(3,4)5)58-68-61(64)54-52-50-48-46-44-42-40-21-19-17-15-13-11-9-7-2/h8-11,14-17,20-22,24-25,27-28,30-31,33-34,40,60H,6-7,12-13,18-19,23,26,29,32,35-39,41-59H2,1-5H3/p+1/b10-8-,11-9-,16-14-,17-15-,22-20-,25-24-,28-27-,31-30-,34-33-,40-21-. The maximum Gasteiger partial charge on any atom is 0.472 e. The number of unbranched alkanes of at least 4 members (excludes halogenated alkanes) is 16. The van der Waals surface area contributed by atoms with Crippen LogP contribution in [-0.4, -0.2) is 74.9 Å². The molecule has 0 aliphatic heterocycles. The lowest BCUT2D eigenvalue weighted by atomic mass is 10.0. The first-order chi connectivity index (χ1) is 35.0. The van der Waals surface area contributed by atoms with Crippen LogP contribution >= 0.6 is 7.82 Å². The molecule has 2 unspecified atom stereocenters. The number of carbonyl (C=O) groups is 2. The van der Waals surface area contributed by atoms with E-state index in [2.05, 4.69) is 135 Å². The Hall–Kier alpha value is -3.59. The summed E-state index contributed by atoms with van der Waals surface area (Å²) in [5.74, 6) is -0.829. The van der Waals surface area contributed by atoms with Crippen molar-refractivity contribution >= 4 is 19.8 Å². The molecule has 0 aromatic carbocycles. The highest BCUT2D eigenvalue weighted by Gasteiger charge is 2.27. The van der Waals surface area contributed by atoms with E-state index in [4.69, 9.17) is 18.5 Å². The molecule has 72 heavy (non-hydrogen) atoms. The van der Waals surface area contributed by atoms with Crippen molar-refractivity contribution in [1.29, 1.82) is 0 Å². The normalized spacial score (nSPS) is 14.2. The number of hydrogen-bond acceptors (Lipinski definition) is 7. The first-order valence-electron chi connectivity index (χ1n) is 28.3. The predicted molar refractivity (Wildman–Crippen MR) is 307 cm³/mol. The number of phosphoric ester groups is 1. The molecule has 0 radical (unpaired) electrons. The molecule has 10 heteroatoms. The molecule has 9 nitrogen and oxygen atoms in total. The summed E-state index contributed by atoms with van der Waals surface area (Å²) in [6.07, 6.45) is 74.1. The van der Waals surface area contributed by atoms with E-state index < -0.39 is 26.5 Å². The highest BCUT2D eigenvalue weighted by molar-refractivity contribution is 7.47. The average molecular weight is 1020 g/mol. The fraction of sp³-hybridized carbons (Fsp3) is 0.645. The molecule has 0 amide bonds. The molecule has 0 rings (SSSR count). The second-order valence-electron chi connectivity index (χ2n) is 19.6. The topological polar surface area (TPSA) is 108 Å². The highest BCUT2D eigenvalue weighted by Crippen LogP contribution is 2.43. The van der Waals surface area contributed by atoms with E-state index in [1.165, 1.54) is 44.9 Å². The van der Waals surface area contributed by atoms with Crippen molar-refractivity contribution in [1.82, 2.24) is 0 Å². The third kappa shape index (κ3) is 55.7. The number of hydrogen-bond donors (Lipinski definition) is 1. The SMILES string of the molecule is CC/C=C\C/C=C\C/C=C\C/C=C\C/C=C\C/C=C\C/C=C\CCCCCCCCCCCCCC(=O)OC(COC(=O)CCCCCCC/C=C\C/C=C\C/C=C\CC)COP(=O)(O)OCC[N+](C)(C)C. The van der Waals surface area contributed by atoms with Gasteiger partial charge in [0, 0.05) is 12.8 Å². The van der Waals surface area contributed by atoms with E-state index in [1.807, 2.05) is 21.1 Å². The fourth-order valence-corrected chi connectivity index (χ4v) is 7.93. The zero-order chi connectivity index (χ0) is 52.7. The maximum absolute atomic E-state index is 12.8. The van der Waals surface area contributed by atoms with E-state index in [0.717, 1.165) is 122 Å². The van der Waals surface area contributed by atoms with Crippen LogP contribution in [0.5, 0.6) is 0 Å². The van der Waals surface area contributed by atoms with Crippen molar-refractivity contribution in [2.24, 2.45) is 0 Å². The summed E-state index contributed by atoms with van der Waals surface area (Å²) in [6.45, 7) is 4.16. The van der Waals surface area contributed by atoms with Crippen molar-refractivity contribution in [3.8, 4) is 0 Å². The molecular formula is C62H105NO8P+. The average Bonchev–Trinajstić information content (AvgIpc) is 3.34. The molecule has 1 N–H and O–H groups in total. The van der Waals surface area contributed by atoms with Crippen LogP contribution < -0.4 is 0 Å². The van der Waals surface area contributed by atoms with E-state index in [-0.39, 0.29) is 32.0 Å². The number of esters is 2. The molecule has 0 saturated heterocycles. The molecule has 0 aliphatic rings. The second kappa shape index (κ2) is 52.3. The van der Waals surface area contributed by atoms with E-state index >= 15 is 0 Å². The Kier molecular flexibility index (Phi) is 49.7. The Bertz CT molecular complexity index is 1630. The molecule has 0 bridgehead atoms. The van der Waals surface area contributed by atoms with Crippen LogP contribution in [0.4, 0.5) is 0 Å². The molecule has 0 aromatic rings. The maximum atomic E-state index is 12.8. The van der Waals surface area contributed by atoms with Crippen molar-refractivity contribution in [3.63, 3.8) is 0 Å². The molecule has 2 atom stereocenters. The van der Waals surface area contributed by atoms with E-state index in [9.17, 15) is 19.0 Å². The Morgan fingerprint density at radius 2 is 0.750 bits per heavy atom. The summed E-state index contributed by atoms with van der Waals surface area (Å²) >= 11 is 0. The van der Waals surface area contributed by atoms with Crippen LogP contribution in [0.2, 0.25) is 0 Å². The second-order valence-corrected chi connectivity index (χ2v) is 21.0. The summed E-state index contributed by atoms with van der Waals surface area (Å²) in [5, 5.41) is 0. The smallest absolute Gasteiger partial charge is 0.462 e. The quantitative estimate of drug-likeness (QED) is 0.0211. The van der Waals surface area contributed by atoms with Gasteiger partial charge in [-0.1, -0.05) is 212 Å². The Morgan fingerprint density at radius 3 is 1.11 bits per heavy atom. The van der Waals surface area contributed by atoms with Crippen molar-refractivity contribution in [2.45, 2.75) is 213 Å². The third-order valence-electron chi connectivity index (χ3n) is 11.5. The summed E-state index contributed by atoms with van der Waals surface area (Å²) < 4.78 is 34.5. The number of nitrogens with zero attached hydrogens (tertiary/aromatic N) is 1. The van der Waals surface area contributed by atoms with Gasteiger partial charge >= 0.3 is 19.8 Å². The van der Waals surface area contributed by atoms with Gasteiger partial charge in [0.2, 0.25) is 0 Å². The molecule has 0 fully saturated rings. The van der Waals surface area contributed by atoms with Gasteiger partial charge in [-0.05, 0) is 103 Å². The molecule has 0 spiro atoms. The molecular weight excluding hydrogens is 918 g/mol. The van der Waals surface area contributed by atoms with Crippen LogP contribution in [0, 0.1) is 0 Å². The van der Waals surface area contributed by atoms with Crippen LogP contribution in [-0.2, 0) is 32.7 Å². The number of phosphoric acid groups is 1. The summed E-state index contributed by atoms with van der Waals surface area (Å²) in [7, 11) is 1.45. The highest BCUT2D eigenvalue weighted by atomic mass is 31.2. The monoisotopic (exact) mass is 1020 g/mol. The van der Waals surface area contributed by atoms with Gasteiger partial charge in [0.05, 0.1) is 27.7 Å². The minimum Gasteiger partial charge on any atom is -0.462 e. The Labute approximate surface area is 441 Å². The number of likely N-dealkylation sites (N-methyl/N-ethyl adjacent to an activating group) is 1. The van der Waals surface area contributed by atoms with Gasteiger partial charge in [-0.2, -0.15) is 0 Å². The van der Waals surface area contributed by atoms with Gasteiger partial charge in [-0.3, -0.25) is 18.6 Å². The minimum absolute atomic E-state index is 0.0220. The zero-order valence-electron chi connectivity index (χ0n) is 46.4. The van der Waals surface area contributed by atoms with Gasteiger partial charge in [-0.25, -0.2) is 4.57 Å². The summed E-state index contributed by atoms with van der Waals surface area (Å²) in [5.41, 5.74) is 0. The van der Waals surface area contributed by atoms with Crippen LogP contribution in [0.3, 0.4) is 0 Å². The number of rotatable bonds is 50. The molecule has 0 heterocycles. The number of allylic oxidation sites excluding steroid dienone is 20. The van der Waals surface area contributed by atoms with Gasteiger partial charge in [0.15, 0.2) is 6.10 Å². The Balaban J connectivity index is 4.16. The predicted octanol–water partition coefficient (Wildman–Crippen LogP) is 17.6. The lowest BCUT2D eigenvalue weighted by Crippen LogP contribution is -2.37. The largest absolute Gasteiger partial charge is 0.472 e. The first-order valence-corrected chi connectivity index (χ1v) is 29.8. The summed E-state index contributed by atoms with van der Waals surface area (Å²) in [6, 6.07) is 0. The first kappa shape index (κ1) is 68.4. The van der Waals surface area contributed by atoms with E-state index in [0.29, 0.717) is 23.9 Å². The fourth-order valence-electron chi connectivity index (χ4n) is 7.19. The lowest BCUT2D eigenvalue weighted by Gasteiger charge is -2.24. The number of quaternary nitrogens is 1. The van der Waals surface area contributed by atoms with Crippen molar-refractivity contribution in [3.05, 3.63) is 122 Å². The zero-order valence-corrected chi connectivity index (χ0v) is 47.3. The third-order valence-corrected chi connectivity index (χ3v) is 12.5. The van der Waals surface area contributed by atoms with Gasteiger partial charge in [-0.15, -0.1) is 0 Å². The molecule has 0 aliphatic carbocycles. The van der Waals surface area contributed by atoms with E-state index in [1.54, 1.807) is 0 Å². The molecule has 0 saturated carbocycles. The van der Waals surface area contributed by atoms with Crippen molar-refractivity contribution in [2.75, 3.05) is 47.5 Å².